The van der Waals surface area contributed by atoms with Gasteiger partial charge in [0.1, 0.15) is 5.75 Å². The van der Waals surface area contributed by atoms with Crippen LogP contribution in [0.4, 0.5) is 11.4 Å². The molecule has 10 heteroatoms. The Morgan fingerprint density at radius 2 is 1.90 bits per heavy atom. The van der Waals surface area contributed by atoms with Crippen molar-refractivity contribution in [2.45, 2.75) is 11.4 Å². The first-order valence-corrected chi connectivity index (χ1v) is 10.1. The normalized spacial score (nSPS) is 11.1. The summed E-state index contributed by atoms with van der Waals surface area (Å²) >= 11 is 5.93. The SMILES string of the molecule is COc1ccc(S(=O)(=O)N(Cc2cccnc2)c2ccc(Cl)cc2)c([N+](=O)[O-])c1. The predicted octanol–water partition coefficient (Wildman–Crippen LogP) is 4.05. The Morgan fingerprint density at radius 3 is 2.48 bits per heavy atom. The third-order valence-electron chi connectivity index (χ3n) is 4.09. The number of hydrogen-bond donors (Lipinski definition) is 0. The van der Waals surface area contributed by atoms with E-state index in [0.717, 1.165) is 10.4 Å². The number of ether oxygens (including phenoxy) is 1. The summed E-state index contributed by atoms with van der Waals surface area (Å²) in [6.45, 7) is -0.0685. The van der Waals surface area contributed by atoms with Gasteiger partial charge < -0.3 is 4.74 Å². The van der Waals surface area contributed by atoms with Crippen molar-refractivity contribution in [2.75, 3.05) is 11.4 Å². The van der Waals surface area contributed by atoms with Crippen LogP contribution in [0, 0.1) is 10.1 Å². The molecule has 1 aromatic heterocycles. The molecular formula is C19H16ClN3O5S. The van der Waals surface area contributed by atoms with Crippen LogP contribution >= 0.6 is 11.6 Å². The Morgan fingerprint density at radius 1 is 1.17 bits per heavy atom. The molecule has 0 atom stereocenters. The highest BCUT2D eigenvalue weighted by Crippen LogP contribution is 2.34. The number of aromatic nitrogens is 1. The van der Waals surface area contributed by atoms with Crippen molar-refractivity contribution >= 4 is 33.0 Å². The summed E-state index contributed by atoms with van der Waals surface area (Å²) in [7, 11) is -2.96. The molecule has 0 aliphatic carbocycles. The molecule has 0 amide bonds. The number of nitrogens with zero attached hydrogens (tertiary/aromatic N) is 3. The van der Waals surface area contributed by atoms with Gasteiger partial charge in [0.15, 0.2) is 4.90 Å². The number of nitro benzene ring substituents is 1. The standard InChI is InChI=1S/C19H16ClN3O5S/c1-28-17-8-9-19(18(11-17)23(24)25)29(26,27)22(13-14-3-2-10-21-12-14)16-6-4-15(20)5-7-16/h2-12H,13H2,1H3. The smallest absolute Gasteiger partial charge is 0.293 e. The van der Waals surface area contributed by atoms with E-state index in [2.05, 4.69) is 4.98 Å². The Balaban J connectivity index is 2.16. The van der Waals surface area contributed by atoms with E-state index in [1.54, 1.807) is 30.5 Å². The van der Waals surface area contributed by atoms with Crippen LogP contribution in [-0.4, -0.2) is 25.4 Å². The second kappa shape index (κ2) is 8.46. The van der Waals surface area contributed by atoms with Gasteiger partial charge in [0.05, 0.1) is 30.3 Å². The first-order chi connectivity index (χ1) is 13.8. The molecule has 1 heterocycles. The van der Waals surface area contributed by atoms with Gasteiger partial charge in [0.2, 0.25) is 0 Å². The fourth-order valence-electron chi connectivity index (χ4n) is 2.68. The second-order valence-electron chi connectivity index (χ2n) is 5.94. The molecule has 2 aromatic carbocycles. The summed E-state index contributed by atoms with van der Waals surface area (Å²) in [5.41, 5.74) is 0.347. The molecule has 150 valence electrons. The Hall–Kier alpha value is -3.17. The van der Waals surface area contributed by atoms with Gasteiger partial charge in [-0.05, 0) is 48.0 Å². The molecule has 0 unspecified atom stereocenters. The molecule has 0 saturated heterocycles. The van der Waals surface area contributed by atoms with Gasteiger partial charge in [-0.2, -0.15) is 0 Å². The lowest BCUT2D eigenvalue weighted by atomic mass is 10.2. The van der Waals surface area contributed by atoms with Crippen LogP contribution in [0.2, 0.25) is 5.02 Å². The number of hydrogen-bond acceptors (Lipinski definition) is 6. The van der Waals surface area contributed by atoms with E-state index in [-0.39, 0.29) is 12.3 Å². The summed E-state index contributed by atoms with van der Waals surface area (Å²) < 4.78 is 33.0. The topological polar surface area (TPSA) is 103 Å². The molecule has 0 aliphatic heterocycles. The lowest BCUT2D eigenvalue weighted by Crippen LogP contribution is -2.31. The Labute approximate surface area is 172 Å². The molecular weight excluding hydrogens is 418 g/mol. The zero-order valence-electron chi connectivity index (χ0n) is 15.2. The van der Waals surface area contributed by atoms with Crippen molar-refractivity contribution in [3.05, 3.63) is 87.7 Å². The van der Waals surface area contributed by atoms with Crippen molar-refractivity contribution in [3.63, 3.8) is 0 Å². The van der Waals surface area contributed by atoms with Gasteiger partial charge in [-0.15, -0.1) is 0 Å². The summed E-state index contributed by atoms with van der Waals surface area (Å²) in [6, 6.07) is 13.2. The molecule has 0 bridgehead atoms. The lowest BCUT2D eigenvalue weighted by Gasteiger charge is -2.24. The minimum atomic E-state index is -4.30. The molecule has 3 aromatic rings. The molecule has 3 rings (SSSR count). The van der Waals surface area contributed by atoms with Gasteiger partial charge >= 0.3 is 0 Å². The van der Waals surface area contributed by atoms with Gasteiger partial charge in [-0.1, -0.05) is 17.7 Å². The summed E-state index contributed by atoms with van der Waals surface area (Å²) in [5.74, 6) is 0.181. The molecule has 0 spiro atoms. The quantitative estimate of drug-likeness (QED) is 0.411. The monoisotopic (exact) mass is 433 g/mol. The number of pyridine rings is 1. The summed E-state index contributed by atoms with van der Waals surface area (Å²) in [4.78, 5) is 14.3. The number of nitro groups is 1. The fourth-order valence-corrected chi connectivity index (χ4v) is 4.40. The van der Waals surface area contributed by atoms with Crippen LogP contribution in [0.5, 0.6) is 5.75 Å². The minimum absolute atomic E-state index is 0.0685. The molecule has 0 radical (unpaired) electrons. The lowest BCUT2D eigenvalue weighted by molar-refractivity contribution is -0.387. The predicted molar refractivity (Wildman–Crippen MR) is 109 cm³/mol. The average Bonchev–Trinajstić information content (AvgIpc) is 2.73. The largest absolute Gasteiger partial charge is 0.497 e. The van der Waals surface area contributed by atoms with Crippen molar-refractivity contribution in [2.24, 2.45) is 0 Å². The highest BCUT2D eigenvalue weighted by atomic mass is 35.5. The van der Waals surface area contributed by atoms with Crippen LogP contribution in [0.25, 0.3) is 0 Å². The van der Waals surface area contributed by atoms with Gasteiger partial charge in [-0.3, -0.25) is 19.4 Å². The van der Waals surface area contributed by atoms with E-state index >= 15 is 0 Å². The van der Waals surface area contributed by atoms with Crippen molar-refractivity contribution < 1.29 is 18.1 Å². The molecule has 0 fully saturated rings. The molecule has 29 heavy (non-hydrogen) atoms. The van der Waals surface area contributed by atoms with Crippen molar-refractivity contribution in [1.29, 1.82) is 0 Å². The number of rotatable bonds is 7. The van der Waals surface area contributed by atoms with E-state index in [9.17, 15) is 18.5 Å². The number of halogens is 1. The Kier molecular flexibility index (Phi) is 6.00. The van der Waals surface area contributed by atoms with Crippen LogP contribution in [0.3, 0.4) is 0 Å². The van der Waals surface area contributed by atoms with Crippen LogP contribution < -0.4 is 9.04 Å². The van der Waals surface area contributed by atoms with Crippen LogP contribution in [-0.2, 0) is 16.6 Å². The summed E-state index contributed by atoms with van der Waals surface area (Å²) in [5, 5.41) is 12.0. The number of methoxy groups -OCH3 is 1. The maximum Gasteiger partial charge on any atom is 0.293 e. The van der Waals surface area contributed by atoms with Crippen LogP contribution in [0.1, 0.15) is 5.56 Å². The van der Waals surface area contributed by atoms with Gasteiger partial charge in [-0.25, -0.2) is 8.42 Å². The fraction of sp³-hybridized carbons (Fsp3) is 0.105. The minimum Gasteiger partial charge on any atom is -0.497 e. The number of benzene rings is 2. The third-order valence-corrected chi connectivity index (χ3v) is 6.17. The zero-order valence-corrected chi connectivity index (χ0v) is 16.8. The average molecular weight is 434 g/mol. The molecule has 8 nitrogen and oxygen atoms in total. The first-order valence-electron chi connectivity index (χ1n) is 8.32. The highest BCUT2D eigenvalue weighted by Gasteiger charge is 2.32. The van der Waals surface area contributed by atoms with Crippen LogP contribution in [0.15, 0.2) is 71.9 Å². The van der Waals surface area contributed by atoms with Crippen molar-refractivity contribution in [3.8, 4) is 5.75 Å². The third kappa shape index (κ3) is 4.47. The molecule has 0 saturated carbocycles. The summed E-state index contributed by atoms with van der Waals surface area (Å²) in [6.07, 6.45) is 3.10. The van der Waals surface area contributed by atoms with E-state index in [1.807, 2.05) is 0 Å². The second-order valence-corrected chi connectivity index (χ2v) is 8.21. The van der Waals surface area contributed by atoms with E-state index in [0.29, 0.717) is 16.3 Å². The molecule has 0 N–H and O–H groups in total. The van der Waals surface area contributed by atoms with E-state index < -0.39 is 25.5 Å². The highest BCUT2D eigenvalue weighted by molar-refractivity contribution is 7.93. The zero-order chi connectivity index (χ0) is 21.0. The first kappa shape index (κ1) is 20.6. The van der Waals surface area contributed by atoms with Gasteiger partial charge in [0.25, 0.3) is 15.7 Å². The molecule has 0 aliphatic rings. The number of sulfonamides is 1. The number of anilines is 1. The van der Waals surface area contributed by atoms with E-state index in [1.165, 1.54) is 37.6 Å². The van der Waals surface area contributed by atoms with Gasteiger partial charge in [0, 0.05) is 17.4 Å². The van der Waals surface area contributed by atoms with E-state index in [4.69, 9.17) is 16.3 Å². The van der Waals surface area contributed by atoms with Crippen molar-refractivity contribution in [1.82, 2.24) is 4.98 Å². The Bertz CT molecular complexity index is 1120. The maximum absolute atomic E-state index is 13.5. The maximum atomic E-state index is 13.5.